The maximum absolute atomic E-state index is 12.0. The van der Waals surface area contributed by atoms with Crippen LogP contribution < -0.4 is 4.74 Å². The van der Waals surface area contributed by atoms with E-state index in [-0.39, 0.29) is 5.78 Å². The maximum Gasteiger partial charge on any atom is 0.163 e. The van der Waals surface area contributed by atoms with Gasteiger partial charge in [-0.3, -0.25) is 9.48 Å². The fourth-order valence-corrected chi connectivity index (χ4v) is 2.48. The Morgan fingerprint density at radius 1 is 1.13 bits per heavy atom. The summed E-state index contributed by atoms with van der Waals surface area (Å²) in [7, 11) is 1.88. The highest BCUT2D eigenvalue weighted by molar-refractivity contribution is 5.98. The van der Waals surface area contributed by atoms with Crippen molar-refractivity contribution in [1.29, 1.82) is 0 Å². The van der Waals surface area contributed by atoms with Crippen LogP contribution in [0.4, 0.5) is 0 Å². The van der Waals surface area contributed by atoms with Crippen LogP contribution in [0.15, 0.2) is 60.8 Å². The first kappa shape index (κ1) is 15.0. The zero-order chi connectivity index (χ0) is 16.2. The average Bonchev–Trinajstić information content (AvgIpc) is 3.00. The van der Waals surface area contributed by atoms with Crippen molar-refractivity contribution in [3.8, 4) is 17.0 Å². The summed E-state index contributed by atoms with van der Waals surface area (Å²) < 4.78 is 7.63. The van der Waals surface area contributed by atoms with Crippen molar-refractivity contribution in [3.05, 3.63) is 71.9 Å². The molecule has 0 spiro atoms. The minimum absolute atomic E-state index is 0.0166. The second-order valence-electron chi connectivity index (χ2n) is 5.38. The van der Waals surface area contributed by atoms with E-state index in [1.54, 1.807) is 17.8 Å². The standard InChI is InChI=1S/C19H18N2O2/c1-14(22)17-12-16(18-10-11-20-21(18)2)8-9-19(17)23-13-15-6-4-3-5-7-15/h3-12H,13H2,1-2H3. The van der Waals surface area contributed by atoms with Crippen molar-refractivity contribution in [3.63, 3.8) is 0 Å². The van der Waals surface area contributed by atoms with Gasteiger partial charge in [0.1, 0.15) is 12.4 Å². The Hall–Kier alpha value is -2.88. The molecule has 0 bridgehead atoms. The molecule has 0 aliphatic carbocycles. The van der Waals surface area contributed by atoms with E-state index in [2.05, 4.69) is 5.10 Å². The van der Waals surface area contributed by atoms with E-state index in [0.29, 0.717) is 17.9 Å². The Kier molecular flexibility index (Phi) is 4.24. The summed E-state index contributed by atoms with van der Waals surface area (Å²) in [5.41, 5.74) is 3.56. The van der Waals surface area contributed by atoms with Gasteiger partial charge in [-0.05, 0) is 36.8 Å². The Balaban J connectivity index is 1.89. The van der Waals surface area contributed by atoms with Crippen molar-refractivity contribution in [2.45, 2.75) is 13.5 Å². The molecule has 0 aliphatic heterocycles. The molecule has 0 N–H and O–H groups in total. The van der Waals surface area contributed by atoms with Crippen LogP contribution in [0.25, 0.3) is 11.3 Å². The summed E-state index contributed by atoms with van der Waals surface area (Å²) in [6, 6.07) is 17.5. The number of aromatic nitrogens is 2. The first-order valence-electron chi connectivity index (χ1n) is 7.45. The number of carbonyl (C=O) groups is 1. The van der Waals surface area contributed by atoms with Gasteiger partial charge in [-0.1, -0.05) is 30.3 Å². The zero-order valence-corrected chi connectivity index (χ0v) is 13.2. The van der Waals surface area contributed by atoms with Gasteiger partial charge in [0.15, 0.2) is 5.78 Å². The molecule has 1 aromatic heterocycles. The molecule has 0 fully saturated rings. The molecular formula is C19H18N2O2. The summed E-state index contributed by atoms with van der Waals surface area (Å²) in [6.45, 7) is 1.99. The summed E-state index contributed by atoms with van der Waals surface area (Å²) in [5, 5.41) is 4.17. The van der Waals surface area contributed by atoms with Gasteiger partial charge in [0, 0.05) is 18.8 Å². The lowest BCUT2D eigenvalue weighted by molar-refractivity contribution is 0.101. The fraction of sp³-hybridized carbons (Fsp3) is 0.158. The van der Waals surface area contributed by atoms with E-state index in [1.807, 2.05) is 61.6 Å². The SMILES string of the molecule is CC(=O)c1cc(-c2ccnn2C)ccc1OCc1ccccc1. The van der Waals surface area contributed by atoms with Crippen LogP contribution in [0.3, 0.4) is 0 Å². The smallest absolute Gasteiger partial charge is 0.163 e. The van der Waals surface area contributed by atoms with Gasteiger partial charge in [-0.2, -0.15) is 5.10 Å². The van der Waals surface area contributed by atoms with E-state index in [0.717, 1.165) is 16.8 Å². The number of hydrogen-bond donors (Lipinski definition) is 0. The van der Waals surface area contributed by atoms with Crippen LogP contribution in [0.2, 0.25) is 0 Å². The van der Waals surface area contributed by atoms with Crippen LogP contribution in [-0.2, 0) is 13.7 Å². The lowest BCUT2D eigenvalue weighted by Gasteiger charge is -2.12. The van der Waals surface area contributed by atoms with Crippen LogP contribution >= 0.6 is 0 Å². The van der Waals surface area contributed by atoms with Crippen molar-refractivity contribution in [1.82, 2.24) is 9.78 Å². The molecule has 3 rings (SSSR count). The van der Waals surface area contributed by atoms with Gasteiger partial charge >= 0.3 is 0 Å². The lowest BCUT2D eigenvalue weighted by Crippen LogP contribution is -2.03. The number of rotatable bonds is 5. The molecule has 0 unspecified atom stereocenters. The summed E-state index contributed by atoms with van der Waals surface area (Å²) in [6.07, 6.45) is 1.74. The number of ether oxygens (including phenoxy) is 1. The van der Waals surface area contributed by atoms with Gasteiger partial charge in [0.2, 0.25) is 0 Å². The summed E-state index contributed by atoms with van der Waals surface area (Å²) >= 11 is 0. The first-order valence-corrected chi connectivity index (χ1v) is 7.45. The summed E-state index contributed by atoms with van der Waals surface area (Å²) in [5.74, 6) is 0.587. The van der Waals surface area contributed by atoms with Crippen LogP contribution in [-0.4, -0.2) is 15.6 Å². The third-order valence-corrected chi connectivity index (χ3v) is 3.71. The van der Waals surface area contributed by atoms with E-state index >= 15 is 0 Å². The van der Waals surface area contributed by atoms with E-state index < -0.39 is 0 Å². The molecule has 0 amide bonds. The van der Waals surface area contributed by atoms with Crippen molar-refractivity contribution < 1.29 is 9.53 Å². The quantitative estimate of drug-likeness (QED) is 0.672. The monoisotopic (exact) mass is 306 g/mol. The molecule has 0 saturated heterocycles. The summed E-state index contributed by atoms with van der Waals surface area (Å²) in [4.78, 5) is 12.0. The Morgan fingerprint density at radius 3 is 2.57 bits per heavy atom. The molecule has 2 aromatic carbocycles. The van der Waals surface area contributed by atoms with Crippen molar-refractivity contribution in [2.24, 2.45) is 7.05 Å². The molecule has 0 aliphatic rings. The number of aryl methyl sites for hydroxylation is 1. The normalized spacial score (nSPS) is 10.5. The first-order chi connectivity index (χ1) is 11.1. The molecule has 0 saturated carbocycles. The van der Waals surface area contributed by atoms with E-state index in [4.69, 9.17) is 4.74 Å². The molecule has 4 heteroatoms. The molecule has 23 heavy (non-hydrogen) atoms. The second kappa shape index (κ2) is 6.48. The largest absolute Gasteiger partial charge is 0.488 e. The molecular weight excluding hydrogens is 288 g/mol. The molecule has 0 atom stereocenters. The third-order valence-electron chi connectivity index (χ3n) is 3.71. The van der Waals surface area contributed by atoms with Gasteiger partial charge in [0.25, 0.3) is 0 Å². The minimum atomic E-state index is -0.0166. The minimum Gasteiger partial charge on any atom is -0.488 e. The highest BCUT2D eigenvalue weighted by Gasteiger charge is 2.12. The highest BCUT2D eigenvalue weighted by atomic mass is 16.5. The number of ketones is 1. The number of hydrogen-bond acceptors (Lipinski definition) is 3. The molecule has 4 nitrogen and oxygen atoms in total. The van der Waals surface area contributed by atoms with E-state index in [1.165, 1.54) is 0 Å². The van der Waals surface area contributed by atoms with Gasteiger partial charge in [0.05, 0.1) is 11.3 Å². The molecule has 116 valence electrons. The lowest BCUT2D eigenvalue weighted by atomic mass is 10.0. The Labute approximate surface area is 135 Å². The zero-order valence-electron chi connectivity index (χ0n) is 13.2. The predicted molar refractivity (Wildman–Crippen MR) is 89.4 cm³/mol. The van der Waals surface area contributed by atoms with Gasteiger partial charge in [-0.25, -0.2) is 0 Å². The average molecular weight is 306 g/mol. The number of benzene rings is 2. The predicted octanol–water partition coefficient (Wildman–Crippen LogP) is 3.87. The fourth-order valence-electron chi connectivity index (χ4n) is 2.48. The topological polar surface area (TPSA) is 44.1 Å². The molecule has 3 aromatic rings. The van der Waals surface area contributed by atoms with Gasteiger partial charge < -0.3 is 4.74 Å². The van der Waals surface area contributed by atoms with Crippen molar-refractivity contribution >= 4 is 5.78 Å². The molecule has 1 heterocycles. The molecule has 0 radical (unpaired) electrons. The van der Waals surface area contributed by atoms with Crippen LogP contribution in [0.1, 0.15) is 22.8 Å². The number of nitrogens with zero attached hydrogens (tertiary/aromatic N) is 2. The second-order valence-corrected chi connectivity index (χ2v) is 5.38. The maximum atomic E-state index is 12.0. The van der Waals surface area contributed by atoms with E-state index in [9.17, 15) is 4.79 Å². The number of carbonyl (C=O) groups excluding carboxylic acids is 1. The Morgan fingerprint density at radius 2 is 1.91 bits per heavy atom. The highest BCUT2D eigenvalue weighted by Crippen LogP contribution is 2.27. The number of Topliss-reactive ketones (excluding diaryl/α,β-unsaturated/α-hetero) is 1. The van der Waals surface area contributed by atoms with Crippen LogP contribution in [0, 0.1) is 0 Å². The van der Waals surface area contributed by atoms with Crippen molar-refractivity contribution in [2.75, 3.05) is 0 Å². The Bertz CT molecular complexity index is 822. The van der Waals surface area contributed by atoms with Crippen LogP contribution in [0.5, 0.6) is 5.75 Å². The third kappa shape index (κ3) is 3.31. The van der Waals surface area contributed by atoms with Gasteiger partial charge in [-0.15, -0.1) is 0 Å².